The second kappa shape index (κ2) is 13.2. The van der Waals surface area contributed by atoms with Crippen LogP contribution in [0.15, 0.2) is 12.1 Å². The molecule has 0 aliphatic carbocycles. The lowest BCUT2D eigenvalue weighted by Crippen LogP contribution is -2.60. The first-order valence-electron chi connectivity index (χ1n) is 17.4. The minimum atomic E-state index is -0.895. The lowest BCUT2D eigenvalue weighted by atomic mass is 9.80. The summed E-state index contributed by atoms with van der Waals surface area (Å²) in [5.74, 6) is -2.64. The normalized spacial score (nSPS) is 25.4. The minimum absolute atomic E-state index is 0.168. The van der Waals surface area contributed by atoms with Crippen molar-refractivity contribution in [2.45, 2.75) is 173 Å². The lowest BCUT2D eigenvalue weighted by molar-refractivity contribution is -0.257. The summed E-state index contributed by atoms with van der Waals surface area (Å²) >= 11 is 0. The van der Waals surface area contributed by atoms with Crippen molar-refractivity contribution in [2.24, 2.45) is 0 Å². The molecule has 0 saturated carbocycles. The van der Waals surface area contributed by atoms with E-state index in [1.807, 2.05) is 83.1 Å². The van der Waals surface area contributed by atoms with E-state index >= 15 is 0 Å². The number of benzene rings is 1. The van der Waals surface area contributed by atoms with Crippen LogP contribution < -0.4 is 0 Å². The summed E-state index contributed by atoms with van der Waals surface area (Å²) in [5, 5.41) is 36.0. The van der Waals surface area contributed by atoms with Crippen LogP contribution in [0.5, 0.6) is 0 Å². The van der Waals surface area contributed by atoms with Gasteiger partial charge in [-0.3, -0.25) is 4.79 Å². The Labute approximate surface area is 295 Å². The van der Waals surface area contributed by atoms with E-state index in [2.05, 4.69) is 0 Å². The Kier molecular flexibility index (Phi) is 10.5. The van der Waals surface area contributed by atoms with Gasteiger partial charge >= 0.3 is 17.9 Å². The Balaban J connectivity index is 1.72. The first kappa shape index (κ1) is 39.8. The van der Waals surface area contributed by atoms with Crippen LogP contribution in [0.25, 0.3) is 0 Å². The molecule has 4 rings (SSSR count). The number of esters is 3. The summed E-state index contributed by atoms with van der Waals surface area (Å²) in [5.41, 5.74) is -5.27. The van der Waals surface area contributed by atoms with E-state index in [4.69, 9.17) is 14.2 Å². The van der Waals surface area contributed by atoms with Gasteiger partial charge in [0.15, 0.2) is 6.29 Å². The number of hydrogen-bond donors (Lipinski definition) is 3. The highest BCUT2D eigenvalue weighted by atomic mass is 16.6. The molecule has 3 saturated heterocycles. The number of hydrogen-bond acceptors (Lipinski definition) is 13. The summed E-state index contributed by atoms with van der Waals surface area (Å²) in [6.45, 7) is 21.9. The van der Waals surface area contributed by atoms with E-state index < -0.39 is 69.5 Å². The van der Waals surface area contributed by atoms with Gasteiger partial charge in [0.25, 0.3) is 0 Å². The third-order valence-corrected chi connectivity index (χ3v) is 10.6. The Morgan fingerprint density at radius 1 is 0.520 bits per heavy atom. The fourth-order valence-corrected chi connectivity index (χ4v) is 8.66. The molecule has 0 aromatic heterocycles. The molecule has 13 nitrogen and oxygen atoms in total. The lowest BCUT2D eigenvalue weighted by Gasteiger charge is -2.51. The molecular weight excluding hydrogens is 646 g/mol. The zero-order valence-electron chi connectivity index (χ0n) is 31.7. The number of hydroxylamine groups is 6. The van der Waals surface area contributed by atoms with Gasteiger partial charge in [-0.1, -0.05) is 0 Å². The summed E-state index contributed by atoms with van der Waals surface area (Å²) in [6.07, 6.45) is 0.314. The molecule has 1 aromatic carbocycles. The molecule has 0 atom stereocenters. The van der Waals surface area contributed by atoms with Crippen LogP contribution >= 0.6 is 0 Å². The van der Waals surface area contributed by atoms with Crippen LogP contribution in [0.1, 0.15) is 163 Å². The minimum Gasteiger partial charge on any atom is -0.459 e. The summed E-state index contributed by atoms with van der Waals surface area (Å²) in [6, 6.07) is 2.32. The maximum absolute atomic E-state index is 14.0. The third kappa shape index (κ3) is 7.93. The molecule has 3 fully saturated rings. The molecule has 3 aliphatic heterocycles. The first-order chi connectivity index (χ1) is 22.6. The zero-order chi connectivity index (χ0) is 38.0. The molecular formula is C37H57N3O10. The van der Waals surface area contributed by atoms with Crippen molar-refractivity contribution < 1.29 is 49.0 Å². The van der Waals surface area contributed by atoms with Crippen molar-refractivity contribution in [3.8, 4) is 0 Å². The number of carbonyl (C=O) groups excluding carboxylic acids is 4. The monoisotopic (exact) mass is 703 g/mol. The van der Waals surface area contributed by atoms with Crippen molar-refractivity contribution in [1.29, 1.82) is 0 Å². The largest absolute Gasteiger partial charge is 0.459 e. The average molecular weight is 704 g/mol. The summed E-state index contributed by atoms with van der Waals surface area (Å²) < 4.78 is 17.8. The second-order valence-electron chi connectivity index (χ2n) is 18.2. The highest BCUT2D eigenvalue weighted by Crippen LogP contribution is 2.41. The van der Waals surface area contributed by atoms with Gasteiger partial charge in [0.1, 0.15) is 18.3 Å². The van der Waals surface area contributed by atoms with Crippen LogP contribution in [-0.2, 0) is 14.2 Å². The molecule has 0 radical (unpaired) electrons. The molecule has 0 spiro atoms. The zero-order valence-corrected chi connectivity index (χ0v) is 31.7. The molecule has 280 valence electrons. The molecule has 3 N–H and O–H groups in total. The van der Waals surface area contributed by atoms with Gasteiger partial charge in [-0.15, -0.1) is 0 Å². The molecule has 0 amide bonds. The molecule has 3 heterocycles. The van der Waals surface area contributed by atoms with Crippen LogP contribution in [0, 0.1) is 0 Å². The standard InChI is InChI=1S/C37H57N3O10/c1-32(2)15-23(16-33(3,4)38(32)45)48-29(42)26-14-28(31(44)50-25-19-36(9,10)40(47)37(11,12)20-25)27(13-22(26)21-41)30(43)49-24-17-34(5,6)39(46)35(7,8)18-24/h13-14,21,23-25,45-47H,15-20H2,1-12H3. The van der Waals surface area contributed by atoms with Gasteiger partial charge in [-0.25, -0.2) is 14.4 Å². The van der Waals surface area contributed by atoms with E-state index in [0.29, 0.717) is 44.8 Å². The van der Waals surface area contributed by atoms with Gasteiger partial charge < -0.3 is 29.8 Å². The third-order valence-electron chi connectivity index (χ3n) is 10.6. The predicted molar refractivity (Wildman–Crippen MR) is 182 cm³/mol. The van der Waals surface area contributed by atoms with Gasteiger partial charge in [0, 0.05) is 77.3 Å². The highest BCUT2D eigenvalue weighted by Gasteiger charge is 2.49. The van der Waals surface area contributed by atoms with Crippen molar-refractivity contribution in [2.75, 3.05) is 0 Å². The molecule has 0 unspecified atom stereocenters. The van der Waals surface area contributed by atoms with Crippen LogP contribution in [-0.4, -0.2) is 107 Å². The van der Waals surface area contributed by atoms with E-state index in [9.17, 15) is 34.8 Å². The first-order valence-corrected chi connectivity index (χ1v) is 17.4. The fraction of sp³-hybridized carbons (Fsp3) is 0.730. The van der Waals surface area contributed by atoms with E-state index in [1.54, 1.807) is 0 Å². The van der Waals surface area contributed by atoms with Crippen molar-refractivity contribution >= 4 is 24.2 Å². The molecule has 3 aliphatic rings. The Morgan fingerprint density at radius 3 is 1.02 bits per heavy atom. The SMILES string of the molecule is CC1(C)CC(OC(=O)c2cc(C(=O)OC3CC(C)(C)N(O)C(C)(C)C3)c(C(=O)OC3CC(C)(C)N(O)C(C)(C)C3)cc2C=O)CC(C)(C)N1O. The number of piperidine rings is 3. The quantitative estimate of drug-likeness (QED) is 0.167. The number of aldehydes is 1. The molecule has 50 heavy (non-hydrogen) atoms. The number of nitrogens with zero attached hydrogens (tertiary/aromatic N) is 3. The van der Waals surface area contributed by atoms with Crippen LogP contribution in [0.3, 0.4) is 0 Å². The maximum Gasteiger partial charge on any atom is 0.339 e. The van der Waals surface area contributed by atoms with E-state index in [1.165, 1.54) is 15.2 Å². The number of ether oxygens (including phenoxy) is 3. The average Bonchev–Trinajstić information content (AvgIpc) is 2.95. The van der Waals surface area contributed by atoms with E-state index in [-0.39, 0.29) is 22.3 Å². The van der Waals surface area contributed by atoms with Gasteiger partial charge in [0.05, 0.1) is 16.7 Å². The van der Waals surface area contributed by atoms with Crippen molar-refractivity contribution in [3.05, 3.63) is 34.4 Å². The van der Waals surface area contributed by atoms with Crippen molar-refractivity contribution in [1.82, 2.24) is 15.2 Å². The fourth-order valence-electron chi connectivity index (χ4n) is 8.66. The Bertz CT molecular complexity index is 1460. The molecule has 13 heteroatoms. The number of rotatable bonds is 7. The Hall–Kier alpha value is -2.94. The van der Waals surface area contributed by atoms with Crippen LogP contribution in [0.4, 0.5) is 0 Å². The molecule has 1 aromatic rings. The number of carbonyl (C=O) groups is 4. The van der Waals surface area contributed by atoms with Crippen molar-refractivity contribution in [3.63, 3.8) is 0 Å². The summed E-state index contributed by atoms with van der Waals surface area (Å²) in [7, 11) is 0. The van der Waals surface area contributed by atoms with E-state index in [0.717, 1.165) is 12.1 Å². The predicted octanol–water partition coefficient (Wildman–Crippen LogP) is 6.20. The Morgan fingerprint density at radius 2 is 0.760 bits per heavy atom. The van der Waals surface area contributed by atoms with Gasteiger partial charge in [-0.05, 0) is 95.2 Å². The second-order valence-corrected chi connectivity index (χ2v) is 18.2. The molecule has 0 bridgehead atoms. The highest BCUT2D eigenvalue weighted by molar-refractivity contribution is 6.08. The topological polar surface area (TPSA) is 166 Å². The smallest absolute Gasteiger partial charge is 0.339 e. The summed E-state index contributed by atoms with van der Waals surface area (Å²) in [4.78, 5) is 54.1. The maximum atomic E-state index is 14.0. The van der Waals surface area contributed by atoms with Gasteiger partial charge in [0.2, 0.25) is 0 Å². The van der Waals surface area contributed by atoms with Gasteiger partial charge in [-0.2, -0.15) is 15.2 Å². The van der Waals surface area contributed by atoms with Crippen LogP contribution in [0.2, 0.25) is 0 Å².